The van der Waals surface area contributed by atoms with E-state index < -0.39 is 27.2 Å². The van der Waals surface area contributed by atoms with Crippen molar-refractivity contribution in [3.05, 3.63) is 73.3 Å². The molecule has 0 aliphatic rings. The van der Waals surface area contributed by atoms with E-state index in [4.69, 9.17) is 4.74 Å². The molecule has 0 amide bonds. The van der Waals surface area contributed by atoms with Crippen molar-refractivity contribution in [1.29, 1.82) is 0 Å². The summed E-state index contributed by atoms with van der Waals surface area (Å²) < 4.78 is 5.36. The van der Waals surface area contributed by atoms with Crippen LogP contribution in [0.3, 0.4) is 0 Å². The van der Waals surface area contributed by atoms with Crippen LogP contribution >= 0.6 is 0 Å². The van der Waals surface area contributed by atoms with Crippen LogP contribution in [0.15, 0.2) is 36.4 Å². The first kappa shape index (κ1) is 18.1. The Balaban J connectivity index is 2.44. The SMILES string of the molecule is Cc1ccc(C(C)C)c(OC(=O)c2cc([N+](=O)[O-])cc([N+](=O)[O-])c2)c1. The Bertz CT molecular complexity index is 828. The Hall–Kier alpha value is -3.29. The van der Waals surface area contributed by atoms with Gasteiger partial charge in [0, 0.05) is 12.1 Å². The van der Waals surface area contributed by atoms with Crippen molar-refractivity contribution in [2.75, 3.05) is 0 Å². The molecule has 25 heavy (non-hydrogen) atoms. The Labute approximate surface area is 143 Å². The van der Waals surface area contributed by atoms with Crippen molar-refractivity contribution in [3.63, 3.8) is 0 Å². The van der Waals surface area contributed by atoms with Crippen LogP contribution in [0.1, 0.15) is 41.3 Å². The minimum absolute atomic E-state index is 0.0860. The third-order valence-corrected chi connectivity index (χ3v) is 3.55. The second-order valence-electron chi connectivity index (χ2n) is 5.84. The van der Waals surface area contributed by atoms with Crippen LogP contribution in [0.25, 0.3) is 0 Å². The number of carbonyl (C=O) groups excluding carboxylic acids is 1. The van der Waals surface area contributed by atoms with Gasteiger partial charge in [-0.1, -0.05) is 26.0 Å². The summed E-state index contributed by atoms with van der Waals surface area (Å²) in [5, 5.41) is 21.9. The molecule has 2 aromatic rings. The first-order valence-corrected chi connectivity index (χ1v) is 7.45. The largest absolute Gasteiger partial charge is 0.423 e. The zero-order valence-corrected chi connectivity index (χ0v) is 13.9. The van der Waals surface area contributed by atoms with Gasteiger partial charge in [-0.2, -0.15) is 0 Å². The van der Waals surface area contributed by atoms with Crippen molar-refractivity contribution in [1.82, 2.24) is 0 Å². The van der Waals surface area contributed by atoms with Gasteiger partial charge in [-0.05, 0) is 30.0 Å². The number of ether oxygens (including phenoxy) is 1. The predicted molar refractivity (Wildman–Crippen MR) is 90.0 cm³/mol. The number of benzene rings is 2. The van der Waals surface area contributed by atoms with Crippen LogP contribution in [-0.4, -0.2) is 15.8 Å². The van der Waals surface area contributed by atoms with E-state index >= 15 is 0 Å². The second-order valence-corrected chi connectivity index (χ2v) is 5.84. The highest BCUT2D eigenvalue weighted by Crippen LogP contribution is 2.29. The maximum atomic E-state index is 12.4. The second kappa shape index (κ2) is 7.08. The van der Waals surface area contributed by atoms with Crippen molar-refractivity contribution < 1.29 is 19.4 Å². The number of hydrogen-bond acceptors (Lipinski definition) is 6. The standard InChI is InChI=1S/C17H16N2O6/c1-10(2)15-5-4-11(3)6-16(15)25-17(20)12-7-13(18(21)22)9-14(8-12)19(23)24/h4-10H,1-3H3. The molecule has 130 valence electrons. The van der Waals surface area contributed by atoms with Crippen LogP contribution in [0.4, 0.5) is 11.4 Å². The number of rotatable bonds is 5. The molecule has 0 N–H and O–H groups in total. The van der Waals surface area contributed by atoms with E-state index in [0.717, 1.165) is 29.3 Å². The maximum absolute atomic E-state index is 12.4. The Kier molecular flexibility index (Phi) is 5.11. The Morgan fingerprint density at radius 3 is 2.04 bits per heavy atom. The lowest BCUT2D eigenvalue weighted by Gasteiger charge is -2.13. The monoisotopic (exact) mass is 344 g/mol. The van der Waals surface area contributed by atoms with Gasteiger partial charge in [0.1, 0.15) is 5.75 Å². The number of nitro groups is 2. The van der Waals surface area contributed by atoms with Gasteiger partial charge >= 0.3 is 5.97 Å². The fourth-order valence-corrected chi connectivity index (χ4v) is 2.29. The molecule has 0 bridgehead atoms. The third-order valence-electron chi connectivity index (χ3n) is 3.55. The highest BCUT2D eigenvalue weighted by Gasteiger charge is 2.22. The molecular formula is C17H16N2O6. The lowest BCUT2D eigenvalue weighted by Crippen LogP contribution is -2.11. The zero-order valence-electron chi connectivity index (χ0n) is 13.9. The highest BCUT2D eigenvalue weighted by molar-refractivity contribution is 5.92. The quantitative estimate of drug-likeness (QED) is 0.348. The van der Waals surface area contributed by atoms with Crippen molar-refractivity contribution in [2.45, 2.75) is 26.7 Å². The molecule has 0 spiro atoms. The van der Waals surface area contributed by atoms with Gasteiger partial charge in [0.2, 0.25) is 0 Å². The average Bonchev–Trinajstić information content (AvgIpc) is 2.54. The molecule has 0 unspecified atom stereocenters. The van der Waals surface area contributed by atoms with E-state index in [1.165, 1.54) is 0 Å². The molecule has 0 aromatic heterocycles. The minimum Gasteiger partial charge on any atom is -0.423 e. The van der Waals surface area contributed by atoms with Crippen LogP contribution in [0, 0.1) is 27.2 Å². The summed E-state index contributed by atoms with van der Waals surface area (Å²) in [6.45, 7) is 5.69. The van der Waals surface area contributed by atoms with Crippen molar-refractivity contribution >= 4 is 17.3 Å². The number of nitro benzene ring substituents is 2. The number of aryl methyl sites for hydroxylation is 1. The van der Waals surface area contributed by atoms with E-state index in [-0.39, 0.29) is 11.5 Å². The normalized spacial score (nSPS) is 10.6. The summed E-state index contributed by atoms with van der Waals surface area (Å²) in [5.74, 6) is -0.476. The van der Waals surface area contributed by atoms with Gasteiger partial charge in [-0.25, -0.2) is 4.79 Å². The van der Waals surface area contributed by atoms with Crippen molar-refractivity contribution in [2.24, 2.45) is 0 Å². The van der Waals surface area contributed by atoms with Crippen molar-refractivity contribution in [3.8, 4) is 5.75 Å². The smallest absolute Gasteiger partial charge is 0.344 e. The van der Waals surface area contributed by atoms with Gasteiger partial charge in [0.15, 0.2) is 0 Å². The maximum Gasteiger partial charge on any atom is 0.344 e. The first-order chi connectivity index (χ1) is 11.7. The van der Waals surface area contributed by atoms with Gasteiger partial charge in [0.05, 0.1) is 21.5 Å². The third kappa shape index (κ3) is 4.17. The van der Waals surface area contributed by atoms with Gasteiger partial charge < -0.3 is 4.74 Å². The predicted octanol–water partition coefficient (Wildman–Crippen LogP) is 4.15. The molecule has 0 saturated carbocycles. The lowest BCUT2D eigenvalue weighted by molar-refractivity contribution is -0.394. The summed E-state index contributed by atoms with van der Waals surface area (Å²) in [6.07, 6.45) is 0. The number of esters is 1. The number of hydrogen-bond donors (Lipinski definition) is 0. The average molecular weight is 344 g/mol. The number of nitrogens with zero attached hydrogens (tertiary/aromatic N) is 2. The topological polar surface area (TPSA) is 113 Å². The molecule has 0 radical (unpaired) electrons. The van der Waals surface area contributed by atoms with Crippen LogP contribution in [0.5, 0.6) is 5.75 Å². The molecule has 0 saturated heterocycles. The summed E-state index contributed by atoms with van der Waals surface area (Å²) >= 11 is 0. The fraction of sp³-hybridized carbons (Fsp3) is 0.235. The molecular weight excluding hydrogens is 328 g/mol. The van der Waals surface area contributed by atoms with E-state index in [1.54, 1.807) is 6.07 Å². The summed E-state index contributed by atoms with van der Waals surface area (Å²) in [4.78, 5) is 32.6. The molecule has 0 atom stereocenters. The van der Waals surface area contributed by atoms with E-state index in [9.17, 15) is 25.0 Å². The molecule has 2 rings (SSSR count). The molecule has 0 heterocycles. The molecule has 0 aliphatic heterocycles. The van der Waals surface area contributed by atoms with Crippen LogP contribution in [-0.2, 0) is 0 Å². The van der Waals surface area contributed by atoms with Gasteiger partial charge in [0.25, 0.3) is 11.4 Å². The zero-order chi connectivity index (χ0) is 18.7. The fourth-order valence-electron chi connectivity index (χ4n) is 2.29. The summed E-state index contributed by atoms with van der Waals surface area (Å²) in [5.41, 5.74) is 0.317. The molecule has 8 heteroatoms. The summed E-state index contributed by atoms with van der Waals surface area (Å²) in [6, 6.07) is 8.10. The molecule has 0 aliphatic carbocycles. The van der Waals surface area contributed by atoms with E-state index in [2.05, 4.69) is 0 Å². The number of non-ortho nitro benzene ring substituents is 2. The molecule has 2 aromatic carbocycles. The Morgan fingerprint density at radius 1 is 1.00 bits per heavy atom. The van der Waals surface area contributed by atoms with E-state index in [0.29, 0.717) is 5.75 Å². The molecule has 0 fully saturated rings. The lowest BCUT2D eigenvalue weighted by atomic mass is 10.0. The minimum atomic E-state index is -0.890. The number of carbonyl (C=O) groups is 1. The van der Waals surface area contributed by atoms with Gasteiger partial charge in [-0.15, -0.1) is 0 Å². The highest BCUT2D eigenvalue weighted by atomic mass is 16.6. The Morgan fingerprint density at radius 2 is 1.56 bits per heavy atom. The first-order valence-electron chi connectivity index (χ1n) is 7.45. The molecule has 8 nitrogen and oxygen atoms in total. The van der Waals surface area contributed by atoms with E-state index in [1.807, 2.05) is 32.9 Å². The van der Waals surface area contributed by atoms with Crippen LogP contribution < -0.4 is 4.74 Å². The van der Waals surface area contributed by atoms with Gasteiger partial charge in [-0.3, -0.25) is 20.2 Å². The summed E-state index contributed by atoms with van der Waals surface area (Å²) in [7, 11) is 0. The van der Waals surface area contributed by atoms with Crippen LogP contribution in [0.2, 0.25) is 0 Å².